The van der Waals surface area contributed by atoms with Crippen molar-refractivity contribution < 1.29 is 22.7 Å². The first-order valence-corrected chi connectivity index (χ1v) is 11.0. The van der Waals surface area contributed by atoms with Crippen LogP contribution in [0.1, 0.15) is 26.7 Å². The molecule has 0 aromatic heterocycles. The molecule has 0 radical (unpaired) electrons. The van der Waals surface area contributed by atoms with Crippen molar-refractivity contribution >= 4 is 33.2 Å². The van der Waals surface area contributed by atoms with Crippen molar-refractivity contribution in [1.29, 1.82) is 0 Å². The van der Waals surface area contributed by atoms with Crippen LogP contribution in [0.2, 0.25) is 5.02 Å². The molecule has 0 saturated heterocycles. The van der Waals surface area contributed by atoms with Crippen LogP contribution in [0.3, 0.4) is 0 Å². The Balaban J connectivity index is 1.95. The van der Waals surface area contributed by atoms with E-state index in [4.69, 9.17) is 21.1 Å². The number of hydrogen-bond donors (Lipinski definition) is 2. The first kappa shape index (κ1) is 23.0. The number of carbonyl (C=O) groups excluding carboxylic acids is 1. The molecular formula is C20H25ClN2O5S. The van der Waals surface area contributed by atoms with Crippen LogP contribution in [-0.2, 0) is 14.8 Å². The van der Waals surface area contributed by atoms with Crippen molar-refractivity contribution in [2.75, 3.05) is 19.0 Å². The van der Waals surface area contributed by atoms with E-state index >= 15 is 0 Å². The summed E-state index contributed by atoms with van der Waals surface area (Å²) in [5.74, 6) is 0.778. The van der Waals surface area contributed by atoms with E-state index in [1.165, 1.54) is 25.3 Å². The zero-order chi connectivity index (χ0) is 21.4. The van der Waals surface area contributed by atoms with E-state index in [-0.39, 0.29) is 23.3 Å². The number of methoxy groups -OCH3 is 1. The summed E-state index contributed by atoms with van der Waals surface area (Å²) in [5.41, 5.74) is 0.294. The first-order valence-electron chi connectivity index (χ1n) is 9.10. The highest BCUT2D eigenvalue weighted by atomic mass is 35.5. The third-order valence-electron chi connectivity index (χ3n) is 3.78. The Labute approximate surface area is 176 Å². The molecule has 2 aromatic rings. The minimum atomic E-state index is -3.68. The van der Waals surface area contributed by atoms with E-state index < -0.39 is 10.0 Å². The number of hydrogen-bond acceptors (Lipinski definition) is 5. The van der Waals surface area contributed by atoms with Crippen LogP contribution in [-0.4, -0.2) is 34.1 Å². The summed E-state index contributed by atoms with van der Waals surface area (Å²) in [6.07, 6.45) is 0.696. The molecule has 0 spiro atoms. The predicted molar refractivity (Wildman–Crippen MR) is 113 cm³/mol. The lowest BCUT2D eigenvalue weighted by Gasteiger charge is -2.14. The molecule has 1 amide bonds. The molecule has 158 valence electrons. The predicted octanol–water partition coefficient (Wildman–Crippen LogP) is 3.83. The molecule has 0 aliphatic rings. The molecule has 0 unspecified atom stereocenters. The molecule has 2 rings (SSSR count). The van der Waals surface area contributed by atoms with Crippen molar-refractivity contribution in [2.24, 2.45) is 0 Å². The zero-order valence-electron chi connectivity index (χ0n) is 16.6. The fourth-order valence-corrected chi connectivity index (χ4v) is 3.90. The van der Waals surface area contributed by atoms with Gasteiger partial charge in [0.25, 0.3) is 0 Å². The van der Waals surface area contributed by atoms with Gasteiger partial charge in [0, 0.05) is 17.5 Å². The van der Waals surface area contributed by atoms with Crippen LogP contribution in [0, 0.1) is 0 Å². The van der Waals surface area contributed by atoms with Gasteiger partial charge in [-0.1, -0.05) is 11.6 Å². The monoisotopic (exact) mass is 440 g/mol. The van der Waals surface area contributed by atoms with Crippen LogP contribution in [0.5, 0.6) is 11.5 Å². The fourth-order valence-electron chi connectivity index (χ4n) is 2.50. The summed E-state index contributed by atoms with van der Waals surface area (Å²) in [6.45, 7) is 3.82. The molecule has 0 saturated carbocycles. The second-order valence-corrected chi connectivity index (χ2v) is 8.74. The summed E-state index contributed by atoms with van der Waals surface area (Å²) in [4.78, 5) is 12.3. The highest BCUT2D eigenvalue weighted by Crippen LogP contribution is 2.28. The van der Waals surface area contributed by atoms with Gasteiger partial charge in [-0.15, -0.1) is 0 Å². The average Bonchev–Trinajstić information content (AvgIpc) is 2.65. The maximum Gasteiger partial charge on any atom is 0.240 e. The molecule has 0 fully saturated rings. The van der Waals surface area contributed by atoms with E-state index in [9.17, 15) is 13.2 Å². The van der Waals surface area contributed by atoms with E-state index in [0.29, 0.717) is 35.2 Å². The number of nitrogens with one attached hydrogen (secondary N) is 2. The van der Waals surface area contributed by atoms with E-state index in [1.54, 1.807) is 38.1 Å². The number of sulfonamides is 1. The lowest BCUT2D eigenvalue weighted by atomic mass is 10.2. The Kier molecular flexibility index (Phi) is 8.31. The Hall–Kier alpha value is -2.29. The van der Waals surface area contributed by atoms with Gasteiger partial charge in [-0.25, -0.2) is 13.1 Å². The van der Waals surface area contributed by atoms with Gasteiger partial charge in [0.05, 0.1) is 24.3 Å². The van der Waals surface area contributed by atoms with Gasteiger partial charge in [0.1, 0.15) is 11.5 Å². The summed E-state index contributed by atoms with van der Waals surface area (Å²) >= 11 is 5.82. The van der Waals surface area contributed by atoms with Crippen molar-refractivity contribution in [3.63, 3.8) is 0 Å². The van der Waals surface area contributed by atoms with Crippen LogP contribution in [0.4, 0.5) is 5.69 Å². The Morgan fingerprint density at radius 1 is 1.14 bits per heavy atom. The summed E-state index contributed by atoms with van der Waals surface area (Å²) in [7, 11) is -2.23. The van der Waals surface area contributed by atoms with Crippen LogP contribution < -0.4 is 19.5 Å². The SMILES string of the molecule is COc1ccc(S(=O)(=O)NC(C)C)cc1NC(=O)CCCOc1ccc(Cl)cc1. The molecule has 0 aliphatic heterocycles. The number of anilines is 1. The number of halogens is 1. The molecule has 0 heterocycles. The molecule has 29 heavy (non-hydrogen) atoms. The Morgan fingerprint density at radius 3 is 2.45 bits per heavy atom. The fraction of sp³-hybridized carbons (Fsp3) is 0.350. The number of benzene rings is 2. The van der Waals surface area contributed by atoms with Crippen molar-refractivity contribution in [2.45, 2.75) is 37.6 Å². The zero-order valence-corrected chi connectivity index (χ0v) is 18.1. The molecule has 9 heteroatoms. The van der Waals surface area contributed by atoms with Crippen LogP contribution in [0.15, 0.2) is 47.4 Å². The molecule has 2 aromatic carbocycles. The van der Waals surface area contributed by atoms with Crippen molar-refractivity contribution in [3.05, 3.63) is 47.5 Å². The highest BCUT2D eigenvalue weighted by Gasteiger charge is 2.18. The highest BCUT2D eigenvalue weighted by molar-refractivity contribution is 7.89. The molecular weight excluding hydrogens is 416 g/mol. The van der Waals surface area contributed by atoms with Gasteiger partial charge < -0.3 is 14.8 Å². The standard InChI is InChI=1S/C20H25ClN2O5S/c1-14(2)23-29(25,26)17-10-11-19(27-3)18(13-17)22-20(24)5-4-12-28-16-8-6-15(21)7-9-16/h6-11,13-14,23H,4-5,12H2,1-3H3,(H,22,24). The summed E-state index contributed by atoms with van der Waals surface area (Å²) in [6, 6.07) is 11.0. The molecule has 0 bridgehead atoms. The van der Waals surface area contributed by atoms with Gasteiger partial charge in [-0.05, 0) is 62.7 Å². The summed E-state index contributed by atoms with van der Waals surface area (Å²) in [5, 5.41) is 3.33. The maximum absolute atomic E-state index is 12.4. The average molecular weight is 441 g/mol. The first-order chi connectivity index (χ1) is 13.7. The second kappa shape index (κ2) is 10.5. The Bertz CT molecular complexity index is 930. The topological polar surface area (TPSA) is 93.7 Å². The maximum atomic E-state index is 12.4. The van der Waals surface area contributed by atoms with Crippen LogP contribution >= 0.6 is 11.6 Å². The van der Waals surface area contributed by atoms with Crippen molar-refractivity contribution in [3.8, 4) is 11.5 Å². The Morgan fingerprint density at radius 2 is 1.83 bits per heavy atom. The lowest BCUT2D eigenvalue weighted by molar-refractivity contribution is -0.116. The van der Waals surface area contributed by atoms with E-state index in [2.05, 4.69) is 10.0 Å². The number of amides is 1. The number of ether oxygens (including phenoxy) is 2. The minimum Gasteiger partial charge on any atom is -0.495 e. The van der Waals surface area contributed by atoms with E-state index in [0.717, 1.165) is 0 Å². The third kappa shape index (κ3) is 7.23. The molecule has 0 atom stereocenters. The smallest absolute Gasteiger partial charge is 0.240 e. The quantitative estimate of drug-likeness (QED) is 0.547. The van der Waals surface area contributed by atoms with Gasteiger partial charge in [0.2, 0.25) is 15.9 Å². The second-order valence-electron chi connectivity index (χ2n) is 6.59. The van der Waals surface area contributed by atoms with E-state index in [1.807, 2.05) is 0 Å². The van der Waals surface area contributed by atoms with Gasteiger partial charge >= 0.3 is 0 Å². The molecule has 7 nitrogen and oxygen atoms in total. The van der Waals surface area contributed by atoms with Gasteiger partial charge in [0.15, 0.2) is 0 Å². The molecule has 0 aliphatic carbocycles. The largest absolute Gasteiger partial charge is 0.495 e. The minimum absolute atomic E-state index is 0.0494. The normalized spacial score (nSPS) is 11.3. The third-order valence-corrected chi connectivity index (χ3v) is 5.68. The summed E-state index contributed by atoms with van der Waals surface area (Å²) < 4.78 is 38.0. The van der Waals surface area contributed by atoms with Gasteiger partial charge in [-0.2, -0.15) is 0 Å². The number of rotatable bonds is 10. The van der Waals surface area contributed by atoms with Crippen LogP contribution in [0.25, 0.3) is 0 Å². The van der Waals surface area contributed by atoms with Gasteiger partial charge in [-0.3, -0.25) is 4.79 Å². The van der Waals surface area contributed by atoms with Crippen molar-refractivity contribution in [1.82, 2.24) is 4.72 Å². The molecule has 2 N–H and O–H groups in total. The number of carbonyl (C=O) groups is 1. The lowest BCUT2D eigenvalue weighted by Crippen LogP contribution is -2.30.